The van der Waals surface area contributed by atoms with Crippen LogP contribution in [0.2, 0.25) is 15.1 Å². The Hall–Kier alpha value is -2.27. The third kappa shape index (κ3) is 5.88. The maximum atomic E-state index is 6.48. The van der Waals surface area contributed by atoms with Crippen molar-refractivity contribution in [2.45, 2.75) is 20.1 Å². The first-order valence-electron chi connectivity index (χ1n) is 9.40. The molecule has 0 bridgehead atoms. The van der Waals surface area contributed by atoms with Crippen molar-refractivity contribution in [2.75, 3.05) is 19.0 Å². The molecular weight excluding hydrogens is 445 g/mol. The zero-order valence-electron chi connectivity index (χ0n) is 16.7. The standard InChI is InChI=1S/C23H22Cl3NO3/c1-3-29-19-8-6-18(7-9-19)27-13-15-10-21(26)23(22(11-15)28-2)30-14-16-4-5-17(24)12-20(16)25/h4-12,27H,3,13-14H2,1-2H3. The van der Waals surface area contributed by atoms with Gasteiger partial charge in [-0.3, -0.25) is 0 Å². The summed E-state index contributed by atoms with van der Waals surface area (Å²) in [5, 5.41) is 4.93. The number of halogens is 3. The maximum Gasteiger partial charge on any atom is 0.180 e. The first kappa shape index (κ1) is 22.4. The van der Waals surface area contributed by atoms with Crippen LogP contribution < -0.4 is 19.5 Å². The summed E-state index contributed by atoms with van der Waals surface area (Å²) in [4.78, 5) is 0. The van der Waals surface area contributed by atoms with Crippen LogP contribution in [-0.4, -0.2) is 13.7 Å². The third-order valence-electron chi connectivity index (χ3n) is 4.34. The van der Waals surface area contributed by atoms with E-state index < -0.39 is 0 Å². The van der Waals surface area contributed by atoms with Gasteiger partial charge < -0.3 is 19.5 Å². The summed E-state index contributed by atoms with van der Waals surface area (Å²) >= 11 is 18.6. The molecule has 0 aliphatic carbocycles. The highest BCUT2D eigenvalue weighted by Gasteiger charge is 2.13. The minimum Gasteiger partial charge on any atom is -0.494 e. The fraction of sp³-hybridized carbons (Fsp3) is 0.217. The van der Waals surface area contributed by atoms with Crippen molar-refractivity contribution in [1.82, 2.24) is 0 Å². The zero-order chi connectivity index (χ0) is 21.5. The fourth-order valence-electron chi connectivity index (χ4n) is 2.84. The van der Waals surface area contributed by atoms with Crippen molar-refractivity contribution in [3.63, 3.8) is 0 Å². The molecule has 3 aromatic carbocycles. The van der Waals surface area contributed by atoms with E-state index in [1.807, 2.05) is 49.4 Å². The van der Waals surface area contributed by atoms with E-state index in [4.69, 9.17) is 49.0 Å². The Bertz CT molecular complexity index is 994. The van der Waals surface area contributed by atoms with Crippen LogP contribution in [0.1, 0.15) is 18.1 Å². The Morgan fingerprint density at radius 3 is 2.30 bits per heavy atom. The highest BCUT2D eigenvalue weighted by molar-refractivity contribution is 6.35. The van der Waals surface area contributed by atoms with E-state index in [0.29, 0.717) is 39.7 Å². The lowest BCUT2D eigenvalue weighted by Crippen LogP contribution is -2.03. The van der Waals surface area contributed by atoms with Gasteiger partial charge in [-0.25, -0.2) is 0 Å². The first-order chi connectivity index (χ1) is 14.5. The lowest BCUT2D eigenvalue weighted by atomic mass is 10.2. The van der Waals surface area contributed by atoms with Crippen molar-refractivity contribution in [2.24, 2.45) is 0 Å². The quantitative estimate of drug-likeness (QED) is 0.360. The number of anilines is 1. The molecule has 30 heavy (non-hydrogen) atoms. The average molecular weight is 467 g/mol. The summed E-state index contributed by atoms with van der Waals surface area (Å²) in [6.07, 6.45) is 0. The molecule has 3 aromatic rings. The van der Waals surface area contributed by atoms with Crippen LogP contribution in [0.4, 0.5) is 5.69 Å². The number of benzene rings is 3. The zero-order valence-corrected chi connectivity index (χ0v) is 18.9. The van der Waals surface area contributed by atoms with Crippen LogP contribution in [0.15, 0.2) is 54.6 Å². The van der Waals surface area contributed by atoms with Gasteiger partial charge in [0.1, 0.15) is 12.4 Å². The lowest BCUT2D eigenvalue weighted by molar-refractivity contribution is 0.284. The fourth-order valence-corrected chi connectivity index (χ4v) is 3.59. The largest absolute Gasteiger partial charge is 0.494 e. The number of rotatable bonds is 9. The minimum absolute atomic E-state index is 0.246. The summed E-state index contributed by atoms with van der Waals surface area (Å²) in [6.45, 7) is 3.42. The molecule has 4 nitrogen and oxygen atoms in total. The predicted molar refractivity (Wildman–Crippen MR) is 124 cm³/mol. The van der Waals surface area contributed by atoms with Gasteiger partial charge in [-0.15, -0.1) is 0 Å². The van der Waals surface area contributed by atoms with Crippen molar-refractivity contribution >= 4 is 40.5 Å². The van der Waals surface area contributed by atoms with E-state index in [2.05, 4.69) is 5.32 Å². The van der Waals surface area contributed by atoms with Gasteiger partial charge in [-0.1, -0.05) is 40.9 Å². The van der Waals surface area contributed by atoms with Crippen molar-refractivity contribution in [3.8, 4) is 17.2 Å². The lowest BCUT2D eigenvalue weighted by Gasteiger charge is -2.15. The average Bonchev–Trinajstić information content (AvgIpc) is 2.73. The predicted octanol–water partition coefficient (Wildman–Crippen LogP) is 7.25. The number of methoxy groups -OCH3 is 1. The number of ether oxygens (including phenoxy) is 3. The van der Waals surface area contributed by atoms with Gasteiger partial charge in [0.05, 0.1) is 18.7 Å². The summed E-state index contributed by atoms with van der Waals surface area (Å²) in [6, 6.07) is 16.8. The second-order valence-corrected chi connectivity index (χ2v) is 7.70. The maximum absolute atomic E-state index is 6.48. The monoisotopic (exact) mass is 465 g/mol. The van der Waals surface area contributed by atoms with Crippen molar-refractivity contribution in [3.05, 3.63) is 80.8 Å². The molecule has 3 rings (SSSR count). The molecule has 0 aliphatic rings. The van der Waals surface area contributed by atoms with Gasteiger partial charge in [0.15, 0.2) is 11.5 Å². The highest BCUT2D eigenvalue weighted by atomic mass is 35.5. The highest BCUT2D eigenvalue weighted by Crippen LogP contribution is 2.37. The van der Waals surface area contributed by atoms with E-state index in [9.17, 15) is 0 Å². The molecule has 0 unspecified atom stereocenters. The summed E-state index contributed by atoms with van der Waals surface area (Å²) in [7, 11) is 1.58. The third-order valence-corrected chi connectivity index (χ3v) is 5.21. The van der Waals surface area contributed by atoms with Crippen LogP contribution in [0.3, 0.4) is 0 Å². The molecule has 0 saturated heterocycles. The van der Waals surface area contributed by atoms with E-state index in [-0.39, 0.29) is 6.61 Å². The van der Waals surface area contributed by atoms with Crippen LogP contribution in [0.25, 0.3) is 0 Å². The molecule has 158 valence electrons. The van der Waals surface area contributed by atoms with Crippen LogP contribution in [0, 0.1) is 0 Å². The molecule has 0 radical (unpaired) electrons. The first-order valence-corrected chi connectivity index (χ1v) is 10.5. The van der Waals surface area contributed by atoms with Gasteiger partial charge in [-0.05, 0) is 61.0 Å². The van der Waals surface area contributed by atoms with E-state index in [1.54, 1.807) is 19.2 Å². The molecule has 1 N–H and O–H groups in total. The van der Waals surface area contributed by atoms with Crippen LogP contribution in [-0.2, 0) is 13.2 Å². The van der Waals surface area contributed by atoms with Crippen molar-refractivity contribution in [1.29, 1.82) is 0 Å². The van der Waals surface area contributed by atoms with Gasteiger partial charge >= 0.3 is 0 Å². The normalized spacial score (nSPS) is 10.6. The molecule has 0 heterocycles. The van der Waals surface area contributed by atoms with Crippen LogP contribution in [0.5, 0.6) is 17.2 Å². The topological polar surface area (TPSA) is 39.7 Å². The summed E-state index contributed by atoms with van der Waals surface area (Å²) in [5.41, 5.74) is 2.74. The molecule has 0 saturated carbocycles. The molecule has 0 atom stereocenters. The summed E-state index contributed by atoms with van der Waals surface area (Å²) in [5.74, 6) is 1.86. The number of nitrogens with one attached hydrogen (secondary N) is 1. The second-order valence-electron chi connectivity index (χ2n) is 6.44. The number of hydrogen-bond donors (Lipinski definition) is 1. The van der Waals surface area contributed by atoms with Gasteiger partial charge in [0.2, 0.25) is 0 Å². The van der Waals surface area contributed by atoms with Crippen LogP contribution >= 0.6 is 34.8 Å². The number of hydrogen-bond acceptors (Lipinski definition) is 4. The Kier molecular flexibility index (Phi) is 7.97. The molecule has 0 fully saturated rings. The Morgan fingerprint density at radius 1 is 0.867 bits per heavy atom. The smallest absolute Gasteiger partial charge is 0.180 e. The van der Waals surface area contributed by atoms with Gasteiger partial charge in [0.25, 0.3) is 0 Å². The Morgan fingerprint density at radius 2 is 1.63 bits per heavy atom. The van der Waals surface area contributed by atoms with Gasteiger partial charge in [-0.2, -0.15) is 0 Å². The SMILES string of the molecule is CCOc1ccc(NCc2cc(Cl)c(OCc3ccc(Cl)cc3Cl)c(OC)c2)cc1. The second kappa shape index (κ2) is 10.7. The Labute approximate surface area is 191 Å². The molecule has 0 aromatic heterocycles. The minimum atomic E-state index is 0.246. The molecular formula is C23H22Cl3NO3. The van der Waals surface area contributed by atoms with E-state index in [1.165, 1.54) is 0 Å². The van der Waals surface area contributed by atoms with E-state index in [0.717, 1.165) is 22.6 Å². The van der Waals surface area contributed by atoms with Gasteiger partial charge in [0, 0.05) is 27.8 Å². The molecule has 7 heteroatoms. The molecule has 0 amide bonds. The molecule has 0 aliphatic heterocycles. The van der Waals surface area contributed by atoms with E-state index >= 15 is 0 Å². The van der Waals surface area contributed by atoms with Crippen molar-refractivity contribution < 1.29 is 14.2 Å². The summed E-state index contributed by atoms with van der Waals surface area (Å²) < 4.78 is 16.9. The molecule has 0 spiro atoms. The Balaban J connectivity index is 1.68.